The van der Waals surface area contributed by atoms with Crippen LogP contribution in [0.1, 0.15) is 68.4 Å². The van der Waals surface area contributed by atoms with Crippen molar-refractivity contribution in [3.05, 3.63) is 70.0 Å². The molecule has 1 heterocycles. The second-order valence-corrected chi connectivity index (χ2v) is 9.99. The zero-order chi connectivity index (χ0) is 25.8. The fourth-order valence-electron chi connectivity index (χ4n) is 3.43. The highest BCUT2D eigenvalue weighted by atomic mass is 35.5. The average Bonchev–Trinajstić information content (AvgIpc) is 2.81. The van der Waals surface area contributed by atoms with Crippen molar-refractivity contribution in [3.8, 4) is 22.5 Å². The van der Waals surface area contributed by atoms with Crippen molar-refractivity contribution in [3.63, 3.8) is 0 Å². The summed E-state index contributed by atoms with van der Waals surface area (Å²) >= 11 is 12.2. The predicted octanol–water partition coefficient (Wildman–Crippen LogP) is 6.99. The molecule has 0 aliphatic heterocycles. The molecule has 0 saturated carbocycles. The minimum absolute atomic E-state index is 0.0642. The first-order valence-electron chi connectivity index (χ1n) is 11.5. The molecule has 1 N–H and O–H groups in total. The van der Waals surface area contributed by atoms with Crippen LogP contribution in [0.15, 0.2) is 48.5 Å². The number of benzene rings is 2. The molecule has 0 bridgehead atoms. The van der Waals surface area contributed by atoms with Crippen molar-refractivity contribution in [2.75, 3.05) is 0 Å². The molecule has 184 valence electrons. The van der Waals surface area contributed by atoms with Gasteiger partial charge in [-0.25, -0.2) is 14.8 Å². The van der Waals surface area contributed by atoms with Crippen molar-refractivity contribution in [2.45, 2.75) is 59.1 Å². The van der Waals surface area contributed by atoms with Crippen molar-refractivity contribution in [1.29, 1.82) is 0 Å². The Morgan fingerprint density at radius 2 is 1.26 bits per heavy atom. The van der Waals surface area contributed by atoms with E-state index in [1.165, 1.54) is 0 Å². The summed E-state index contributed by atoms with van der Waals surface area (Å²) in [5, 5.41) is 4.08. The maximum absolute atomic E-state index is 13.3. The number of carbonyl (C=O) groups is 2. The molecule has 0 fully saturated rings. The number of hydrogen-bond donors (Lipinski definition) is 1. The van der Waals surface area contributed by atoms with Gasteiger partial charge in [-0.2, -0.15) is 0 Å². The Bertz CT molecular complexity index is 1200. The number of halogens is 2. The molecule has 3 aromatic rings. The van der Waals surface area contributed by atoms with Crippen LogP contribution in [0.4, 0.5) is 0 Å². The molecular weight excluding hydrogens is 485 g/mol. The smallest absolute Gasteiger partial charge is 0.359 e. The molecule has 0 saturated heterocycles. The SMILES string of the molecule is CCC(CC)NC(=O)c1nc(-c2ccc(Cl)cc2)c(-c2ccc(Cl)cc2)nc1C(=O)OC(C)(C)C. The fraction of sp³-hybridized carbons (Fsp3) is 0.333. The highest BCUT2D eigenvalue weighted by Gasteiger charge is 2.29. The Kier molecular flexibility index (Phi) is 8.51. The van der Waals surface area contributed by atoms with Gasteiger partial charge >= 0.3 is 5.97 Å². The van der Waals surface area contributed by atoms with Crippen LogP contribution >= 0.6 is 23.2 Å². The molecule has 35 heavy (non-hydrogen) atoms. The maximum atomic E-state index is 13.3. The monoisotopic (exact) mass is 513 g/mol. The average molecular weight is 514 g/mol. The van der Waals surface area contributed by atoms with Crippen LogP contribution in [-0.4, -0.2) is 33.5 Å². The highest BCUT2D eigenvalue weighted by Crippen LogP contribution is 2.32. The predicted molar refractivity (Wildman–Crippen MR) is 140 cm³/mol. The van der Waals surface area contributed by atoms with E-state index in [-0.39, 0.29) is 17.4 Å². The first-order valence-corrected chi connectivity index (χ1v) is 12.3. The van der Waals surface area contributed by atoms with Gasteiger partial charge in [0, 0.05) is 27.2 Å². The normalized spacial score (nSPS) is 11.4. The molecule has 0 aliphatic carbocycles. The van der Waals surface area contributed by atoms with Crippen molar-refractivity contribution in [1.82, 2.24) is 15.3 Å². The molecule has 2 aromatic carbocycles. The zero-order valence-corrected chi connectivity index (χ0v) is 22.0. The molecular formula is C27H29Cl2N3O3. The third-order valence-electron chi connectivity index (χ3n) is 5.26. The van der Waals surface area contributed by atoms with E-state index >= 15 is 0 Å². The van der Waals surface area contributed by atoms with E-state index in [0.717, 1.165) is 12.8 Å². The van der Waals surface area contributed by atoms with Crippen molar-refractivity contribution < 1.29 is 14.3 Å². The van der Waals surface area contributed by atoms with Crippen LogP contribution in [-0.2, 0) is 4.74 Å². The number of nitrogens with one attached hydrogen (secondary N) is 1. The summed E-state index contributed by atoms with van der Waals surface area (Å²) in [4.78, 5) is 35.9. The second kappa shape index (κ2) is 11.2. The van der Waals surface area contributed by atoms with E-state index in [2.05, 4.69) is 10.3 Å². The second-order valence-electron chi connectivity index (χ2n) is 9.12. The lowest BCUT2D eigenvalue weighted by Gasteiger charge is -2.21. The molecule has 6 nitrogen and oxygen atoms in total. The minimum atomic E-state index is -0.781. The van der Waals surface area contributed by atoms with Gasteiger partial charge in [-0.3, -0.25) is 4.79 Å². The Labute approximate surface area is 216 Å². The number of hydrogen-bond acceptors (Lipinski definition) is 5. The largest absolute Gasteiger partial charge is 0.455 e. The number of amides is 1. The van der Waals surface area contributed by atoms with Gasteiger partial charge in [0.2, 0.25) is 0 Å². The van der Waals surface area contributed by atoms with Gasteiger partial charge < -0.3 is 10.1 Å². The number of ether oxygens (including phenoxy) is 1. The van der Waals surface area contributed by atoms with E-state index in [0.29, 0.717) is 32.6 Å². The standard InChI is InChI=1S/C27H29Cl2N3O3/c1-6-20(7-2)30-25(33)23-24(26(34)35-27(3,4)5)32-22(17-10-14-19(29)15-11-17)21(31-23)16-8-12-18(28)13-9-16/h8-15,20H,6-7H2,1-5H3,(H,30,33). The van der Waals surface area contributed by atoms with Crippen LogP contribution in [0.5, 0.6) is 0 Å². The lowest BCUT2D eigenvalue weighted by atomic mass is 10.0. The first kappa shape index (κ1) is 26.6. The number of rotatable bonds is 7. The van der Waals surface area contributed by atoms with Gasteiger partial charge in [-0.1, -0.05) is 61.3 Å². The third-order valence-corrected chi connectivity index (χ3v) is 5.76. The highest BCUT2D eigenvalue weighted by molar-refractivity contribution is 6.31. The molecule has 3 rings (SSSR count). The van der Waals surface area contributed by atoms with Crippen molar-refractivity contribution >= 4 is 35.1 Å². The Morgan fingerprint density at radius 1 is 0.829 bits per heavy atom. The summed E-state index contributed by atoms with van der Waals surface area (Å²) in [7, 11) is 0. The number of esters is 1. The summed E-state index contributed by atoms with van der Waals surface area (Å²) in [6.45, 7) is 9.23. The summed E-state index contributed by atoms with van der Waals surface area (Å²) in [5.41, 5.74) is 1.22. The molecule has 0 spiro atoms. The number of nitrogens with zero attached hydrogens (tertiary/aromatic N) is 2. The van der Waals surface area contributed by atoms with Crippen molar-refractivity contribution in [2.24, 2.45) is 0 Å². The molecule has 1 amide bonds. The molecule has 0 unspecified atom stereocenters. The van der Waals surface area contributed by atoms with Gasteiger partial charge in [-0.15, -0.1) is 0 Å². The van der Waals surface area contributed by atoms with Crippen LogP contribution < -0.4 is 5.32 Å². The van der Waals surface area contributed by atoms with Crippen LogP contribution in [0, 0.1) is 0 Å². The van der Waals surface area contributed by atoms with E-state index in [1.54, 1.807) is 69.3 Å². The van der Waals surface area contributed by atoms with E-state index in [4.69, 9.17) is 32.9 Å². The zero-order valence-electron chi connectivity index (χ0n) is 20.5. The number of carbonyl (C=O) groups excluding carboxylic acids is 2. The van der Waals surface area contributed by atoms with E-state index in [1.807, 2.05) is 13.8 Å². The molecule has 0 radical (unpaired) electrons. The Morgan fingerprint density at radius 3 is 1.66 bits per heavy atom. The van der Waals surface area contributed by atoms with Crippen LogP contribution in [0.3, 0.4) is 0 Å². The first-order chi connectivity index (χ1) is 16.5. The topological polar surface area (TPSA) is 81.2 Å². The summed E-state index contributed by atoms with van der Waals surface area (Å²) in [6.07, 6.45) is 1.48. The third kappa shape index (κ3) is 6.80. The molecule has 1 aromatic heterocycles. The summed E-state index contributed by atoms with van der Waals surface area (Å²) in [5.74, 6) is -1.21. The van der Waals surface area contributed by atoms with Gasteiger partial charge in [0.05, 0.1) is 11.4 Å². The maximum Gasteiger partial charge on any atom is 0.359 e. The van der Waals surface area contributed by atoms with E-state index in [9.17, 15) is 9.59 Å². The minimum Gasteiger partial charge on any atom is -0.455 e. The molecule has 8 heteroatoms. The van der Waals surface area contributed by atoms with E-state index < -0.39 is 17.5 Å². The van der Waals surface area contributed by atoms with Gasteiger partial charge in [0.15, 0.2) is 11.4 Å². The van der Waals surface area contributed by atoms with Crippen LogP contribution in [0.25, 0.3) is 22.5 Å². The van der Waals surface area contributed by atoms with Gasteiger partial charge in [-0.05, 0) is 57.9 Å². The summed E-state index contributed by atoms with van der Waals surface area (Å²) in [6, 6.07) is 14.0. The fourth-order valence-corrected chi connectivity index (χ4v) is 3.68. The number of aromatic nitrogens is 2. The quantitative estimate of drug-likeness (QED) is 0.344. The lowest BCUT2D eigenvalue weighted by molar-refractivity contribution is 0.00601. The lowest BCUT2D eigenvalue weighted by Crippen LogP contribution is -2.36. The Hall–Kier alpha value is -2.96. The Balaban J connectivity index is 2.28. The molecule has 0 atom stereocenters. The van der Waals surface area contributed by atoms with Gasteiger partial charge in [0.1, 0.15) is 5.60 Å². The van der Waals surface area contributed by atoms with Gasteiger partial charge in [0.25, 0.3) is 5.91 Å². The molecule has 0 aliphatic rings. The summed E-state index contributed by atoms with van der Waals surface area (Å²) < 4.78 is 5.58. The van der Waals surface area contributed by atoms with Crippen LogP contribution in [0.2, 0.25) is 10.0 Å².